The fraction of sp³-hybridized carbons (Fsp3) is 0.273. The Balaban J connectivity index is 1.30. The van der Waals surface area contributed by atoms with Crippen LogP contribution in [0.4, 0.5) is 10.8 Å². The van der Waals surface area contributed by atoms with E-state index in [9.17, 15) is 14.4 Å². The van der Waals surface area contributed by atoms with E-state index in [2.05, 4.69) is 20.2 Å². The van der Waals surface area contributed by atoms with Gasteiger partial charge in [-0.05, 0) is 18.2 Å². The lowest BCUT2D eigenvalue weighted by molar-refractivity contribution is -0.130. The summed E-state index contributed by atoms with van der Waals surface area (Å²) < 4.78 is 5.44. The van der Waals surface area contributed by atoms with Crippen molar-refractivity contribution < 1.29 is 14.3 Å². The number of amides is 2. The van der Waals surface area contributed by atoms with Crippen LogP contribution in [0.5, 0.6) is 5.75 Å². The van der Waals surface area contributed by atoms with Crippen LogP contribution < -0.4 is 20.5 Å². The minimum absolute atomic E-state index is 0.00786. The molecule has 0 bridgehead atoms. The van der Waals surface area contributed by atoms with Crippen molar-refractivity contribution in [1.29, 1.82) is 0 Å². The first-order chi connectivity index (χ1) is 15.5. The van der Waals surface area contributed by atoms with Crippen LogP contribution in [0.25, 0.3) is 0 Å². The van der Waals surface area contributed by atoms with Crippen LogP contribution in [-0.4, -0.2) is 60.0 Å². The second-order valence-electron chi connectivity index (χ2n) is 7.26. The minimum Gasteiger partial charge on any atom is -0.495 e. The molecule has 2 aromatic heterocycles. The number of aromatic amines is 1. The number of thiazole rings is 1. The van der Waals surface area contributed by atoms with E-state index in [1.165, 1.54) is 29.7 Å². The molecule has 0 radical (unpaired) electrons. The number of anilines is 2. The number of hydrogen-bond acceptors (Lipinski definition) is 7. The fourth-order valence-corrected chi connectivity index (χ4v) is 4.23. The zero-order valence-electron chi connectivity index (χ0n) is 17.5. The number of ether oxygens (including phenoxy) is 1. The Bertz CT molecular complexity index is 1150. The van der Waals surface area contributed by atoms with E-state index in [1.54, 1.807) is 12.5 Å². The predicted octanol–water partition coefficient (Wildman–Crippen LogP) is 1.98. The van der Waals surface area contributed by atoms with E-state index < -0.39 is 0 Å². The van der Waals surface area contributed by atoms with Crippen LogP contribution >= 0.6 is 11.3 Å². The number of H-pyrrole nitrogens is 1. The normalized spacial score (nSPS) is 13.7. The average molecular weight is 454 g/mol. The highest BCUT2D eigenvalue weighted by molar-refractivity contribution is 7.14. The van der Waals surface area contributed by atoms with E-state index in [0.717, 1.165) is 24.5 Å². The van der Waals surface area contributed by atoms with Gasteiger partial charge in [-0.1, -0.05) is 12.1 Å². The van der Waals surface area contributed by atoms with Gasteiger partial charge in [0, 0.05) is 43.8 Å². The van der Waals surface area contributed by atoms with Crippen LogP contribution in [0.1, 0.15) is 16.1 Å². The summed E-state index contributed by atoms with van der Waals surface area (Å²) in [7, 11) is 1.66. The van der Waals surface area contributed by atoms with E-state index in [4.69, 9.17) is 4.74 Å². The molecular weight excluding hydrogens is 430 g/mol. The third-order valence-corrected chi connectivity index (χ3v) is 6.02. The molecule has 3 heterocycles. The van der Waals surface area contributed by atoms with Crippen molar-refractivity contribution in [2.75, 3.05) is 43.5 Å². The predicted molar refractivity (Wildman–Crippen MR) is 123 cm³/mol. The van der Waals surface area contributed by atoms with Gasteiger partial charge in [0.1, 0.15) is 5.75 Å². The van der Waals surface area contributed by atoms with Crippen LogP contribution in [0, 0.1) is 0 Å². The number of methoxy groups -OCH3 is 1. The number of para-hydroxylation sites is 2. The first kappa shape index (κ1) is 21.6. The van der Waals surface area contributed by atoms with Gasteiger partial charge in [0.15, 0.2) is 5.13 Å². The Kier molecular flexibility index (Phi) is 6.50. The molecule has 0 spiro atoms. The average Bonchev–Trinajstić information content (AvgIpc) is 3.26. The molecule has 1 aromatic carbocycles. The summed E-state index contributed by atoms with van der Waals surface area (Å²) in [5.74, 6) is 0.459. The molecule has 0 aliphatic carbocycles. The largest absolute Gasteiger partial charge is 0.495 e. The summed E-state index contributed by atoms with van der Waals surface area (Å²) in [5.41, 5.74) is 1.69. The lowest BCUT2D eigenvalue weighted by Gasteiger charge is -2.36. The van der Waals surface area contributed by atoms with Gasteiger partial charge < -0.3 is 19.5 Å². The van der Waals surface area contributed by atoms with Gasteiger partial charge in [0.2, 0.25) is 11.5 Å². The topological polar surface area (TPSA) is 108 Å². The Morgan fingerprint density at radius 3 is 2.66 bits per heavy atom. The lowest BCUT2D eigenvalue weighted by Crippen LogP contribution is -2.49. The molecule has 166 valence electrons. The summed E-state index contributed by atoms with van der Waals surface area (Å²) in [6, 6.07) is 10.6. The van der Waals surface area contributed by atoms with E-state index in [-0.39, 0.29) is 23.8 Å². The molecule has 1 aliphatic heterocycles. The third kappa shape index (κ3) is 4.97. The second-order valence-corrected chi connectivity index (χ2v) is 8.11. The van der Waals surface area contributed by atoms with Gasteiger partial charge in [-0.2, -0.15) is 0 Å². The number of rotatable bonds is 6. The molecule has 1 fully saturated rings. The van der Waals surface area contributed by atoms with Crippen molar-refractivity contribution in [1.82, 2.24) is 14.9 Å². The Morgan fingerprint density at radius 2 is 1.94 bits per heavy atom. The quantitative estimate of drug-likeness (QED) is 0.591. The molecule has 1 saturated heterocycles. The highest BCUT2D eigenvalue weighted by Crippen LogP contribution is 2.28. The Hall–Kier alpha value is -3.66. The monoisotopic (exact) mass is 453 g/mol. The maximum Gasteiger partial charge on any atom is 0.258 e. The SMILES string of the molecule is COc1ccccc1N1CCN(C(=O)Cc2csc(NC(=O)c3ccc(=O)[nH]c3)n2)CC1. The van der Waals surface area contributed by atoms with Gasteiger partial charge in [0.25, 0.3) is 5.91 Å². The Morgan fingerprint density at radius 1 is 1.16 bits per heavy atom. The number of aromatic nitrogens is 2. The highest BCUT2D eigenvalue weighted by Gasteiger charge is 2.23. The van der Waals surface area contributed by atoms with Gasteiger partial charge >= 0.3 is 0 Å². The van der Waals surface area contributed by atoms with Gasteiger partial charge in [-0.15, -0.1) is 11.3 Å². The van der Waals surface area contributed by atoms with Crippen molar-refractivity contribution >= 4 is 34.0 Å². The molecule has 4 rings (SSSR count). The van der Waals surface area contributed by atoms with Crippen molar-refractivity contribution in [3.63, 3.8) is 0 Å². The molecule has 1 aliphatic rings. The van der Waals surface area contributed by atoms with Crippen molar-refractivity contribution in [2.45, 2.75) is 6.42 Å². The summed E-state index contributed by atoms with van der Waals surface area (Å²) in [4.78, 5) is 47.0. The molecule has 3 aromatic rings. The van der Waals surface area contributed by atoms with Crippen LogP contribution in [-0.2, 0) is 11.2 Å². The summed E-state index contributed by atoms with van der Waals surface area (Å²) >= 11 is 1.26. The highest BCUT2D eigenvalue weighted by atomic mass is 32.1. The number of hydrogen-bond donors (Lipinski definition) is 2. The number of pyridine rings is 1. The molecular formula is C22H23N5O4S. The third-order valence-electron chi connectivity index (χ3n) is 5.21. The second kappa shape index (κ2) is 9.65. The van der Waals surface area contributed by atoms with Crippen LogP contribution in [0.2, 0.25) is 0 Å². The standard InChI is InChI=1S/C22H23N5O4S/c1-31-18-5-3-2-4-17(18)26-8-10-27(11-9-26)20(29)12-16-14-32-22(24-16)25-21(30)15-6-7-19(28)23-13-15/h2-7,13-14H,8-12H2,1H3,(H,23,28)(H,24,25,30). The zero-order valence-corrected chi connectivity index (χ0v) is 18.4. The molecule has 32 heavy (non-hydrogen) atoms. The summed E-state index contributed by atoms with van der Waals surface area (Å²) in [6.45, 7) is 2.70. The molecule has 10 heteroatoms. The van der Waals surface area contributed by atoms with Gasteiger partial charge in [-0.3, -0.25) is 19.7 Å². The number of carbonyl (C=O) groups is 2. The van der Waals surface area contributed by atoms with Gasteiger partial charge in [0.05, 0.1) is 30.5 Å². The smallest absolute Gasteiger partial charge is 0.258 e. The lowest BCUT2D eigenvalue weighted by atomic mass is 10.2. The first-order valence-corrected chi connectivity index (χ1v) is 11.0. The minimum atomic E-state index is -0.374. The Labute approximate surface area is 188 Å². The van der Waals surface area contributed by atoms with Crippen molar-refractivity contribution in [3.8, 4) is 5.75 Å². The number of nitrogens with one attached hydrogen (secondary N) is 2. The number of benzene rings is 1. The van der Waals surface area contributed by atoms with Crippen molar-refractivity contribution in [2.24, 2.45) is 0 Å². The first-order valence-electron chi connectivity index (χ1n) is 10.1. The zero-order chi connectivity index (χ0) is 22.5. The van der Waals surface area contributed by atoms with E-state index in [0.29, 0.717) is 29.5 Å². The molecule has 0 unspecified atom stereocenters. The maximum absolute atomic E-state index is 12.7. The molecule has 0 saturated carbocycles. The maximum atomic E-state index is 12.7. The summed E-state index contributed by atoms with van der Waals surface area (Å²) in [6.07, 6.45) is 1.53. The number of carbonyl (C=O) groups excluding carboxylic acids is 2. The summed E-state index contributed by atoms with van der Waals surface area (Å²) in [5, 5.41) is 4.87. The fourth-order valence-electron chi connectivity index (χ4n) is 3.52. The van der Waals surface area contributed by atoms with Crippen molar-refractivity contribution in [3.05, 3.63) is 69.6 Å². The van der Waals surface area contributed by atoms with E-state index >= 15 is 0 Å². The molecule has 2 N–H and O–H groups in total. The van der Waals surface area contributed by atoms with Crippen LogP contribution in [0.15, 0.2) is 52.8 Å². The number of piperazine rings is 1. The van der Waals surface area contributed by atoms with Crippen LogP contribution in [0.3, 0.4) is 0 Å². The molecule has 9 nitrogen and oxygen atoms in total. The van der Waals surface area contributed by atoms with E-state index in [1.807, 2.05) is 29.2 Å². The van der Waals surface area contributed by atoms with Gasteiger partial charge in [-0.25, -0.2) is 4.98 Å². The number of nitrogens with zero attached hydrogens (tertiary/aromatic N) is 3. The molecule has 0 atom stereocenters. The molecule has 2 amide bonds.